The maximum absolute atomic E-state index is 12.2. The molecule has 1 amide bonds. The smallest absolute Gasteiger partial charge is 0.271 e. The van der Waals surface area contributed by atoms with Gasteiger partial charge >= 0.3 is 0 Å². The average molecular weight is 339 g/mol. The van der Waals surface area contributed by atoms with Crippen LogP contribution in [0.25, 0.3) is 11.0 Å². The first-order valence-corrected chi connectivity index (χ1v) is 8.39. The lowest BCUT2D eigenvalue weighted by Crippen LogP contribution is -2.17. The Morgan fingerprint density at radius 3 is 3.00 bits per heavy atom. The van der Waals surface area contributed by atoms with Gasteiger partial charge in [-0.05, 0) is 24.3 Å². The van der Waals surface area contributed by atoms with Gasteiger partial charge in [0, 0.05) is 28.8 Å². The number of thioether (sulfide) groups is 1. The van der Waals surface area contributed by atoms with Crippen LogP contribution in [0.1, 0.15) is 29.8 Å². The molecule has 0 saturated carbocycles. The Kier molecular flexibility index (Phi) is 4.90. The van der Waals surface area contributed by atoms with E-state index in [2.05, 4.69) is 39.3 Å². The summed E-state index contributed by atoms with van der Waals surface area (Å²) in [4.78, 5) is 23.9. The molecule has 0 atom stereocenters. The fourth-order valence-electron chi connectivity index (χ4n) is 2.09. The highest BCUT2D eigenvalue weighted by molar-refractivity contribution is 7.99. The number of hydrogen-bond donors (Lipinski definition) is 2. The molecular weight excluding hydrogens is 322 g/mol. The number of aromatic nitrogens is 3. The predicted molar refractivity (Wildman–Crippen MR) is 96.4 cm³/mol. The molecule has 122 valence electrons. The van der Waals surface area contributed by atoms with Crippen LogP contribution >= 0.6 is 11.8 Å². The monoisotopic (exact) mass is 339 g/mol. The first kappa shape index (κ1) is 16.2. The van der Waals surface area contributed by atoms with Gasteiger partial charge in [-0.2, -0.15) is 5.10 Å². The largest absolute Gasteiger partial charge is 0.333 e. The first-order valence-electron chi connectivity index (χ1n) is 7.51. The van der Waals surface area contributed by atoms with Crippen molar-refractivity contribution in [2.24, 2.45) is 5.10 Å². The number of amides is 1. The summed E-state index contributed by atoms with van der Waals surface area (Å²) in [5, 5.41) is 5.24. The van der Waals surface area contributed by atoms with E-state index in [1.54, 1.807) is 42.5 Å². The van der Waals surface area contributed by atoms with Gasteiger partial charge in [0.05, 0.1) is 17.2 Å². The minimum absolute atomic E-state index is 0.273. The number of hydrazone groups is 1. The molecular formula is C17H17N5OS. The molecule has 0 bridgehead atoms. The van der Waals surface area contributed by atoms with Crippen molar-refractivity contribution < 1.29 is 4.79 Å². The van der Waals surface area contributed by atoms with E-state index in [9.17, 15) is 4.79 Å². The molecule has 0 unspecified atom stereocenters. The zero-order valence-electron chi connectivity index (χ0n) is 13.4. The normalized spacial score (nSPS) is 11.5. The second-order valence-electron chi connectivity index (χ2n) is 5.43. The van der Waals surface area contributed by atoms with Crippen LogP contribution in [0, 0.1) is 0 Å². The van der Waals surface area contributed by atoms with Crippen LogP contribution in [0.3, 0.4) is 0 Å². The SMILES string of the molecule is CC(C)Sc1nc2ccc(C(=O)N/N=C\c3cccnc3)cc2[nH]1. The van der Waals surface area contributed by atoms with Gasteiger partial charge in [0.15, 0.2) is 5.16 Å². The average Bonchev–Trinajstić information content (AvgIpc) is 2.96. The highest BCUT2D eigenvalue weighted by Gasteiger charge is 2.09. The molecule has 0 aliphatic rings. The number of carbonyl (C=O) groups is 1. The summed E-state index contributed by atoms with van der Waals surface area (Å²) in [7, 11) is 0. The highest BCUT2D eigenvalue weighted by Crippen LogP contribution is 2.23. The Bertz CT molecular complexity index is 873. The molecule has 1 aromatic carbocycles. The molecule has 0 radical (unpaired) electrons. The minimum atomic E-state index is -0.273. The number of rotatable bonds is 5. The molecule has 2 aromatic heterocycles. The lowest BCUT2D eigenvalue weighted by Gasteiger charge is -1.99. The van der Waals surface area contributed by atoms with Gasteiger partial charge in [-0.3, -0.25) is 9.78 Å². The molecule has 0 aliphatic carbocycles. The van der Waals surface area contributed by atoms with Crippen molar-refractivity contribution in [2.75, 3.05) is 0 Å². The van der Waals surface area contributed by atoms with Crippen LogP contribution in [0.2, 0.25) is 0 Å². The number of benzene rings is 1. The van der Waals surface area contributed by atoms with E-state index in [-0.39, 0.29) is 5.91 Å². The van der Waals surface area contributed by atoms with Crippen LogP contribution in [-0.4, -0.2) is 32.3 Å². The minimum Gasteiger partial charge on any atom is -0.333 e. The third-order valence-corrected chi connectivity index (χ3v) is 4.02. The summed E-state index contributed by atoms with van der Waals surface area (Å²) in [5.41, 5.74) is 5.53. The third-order valence-electron chi connectivity index (χ3n) is 3.13. The van der Waals surface area contributed by atoms with Crippen molar-refractivity contribution in [3.63, 3.8) is 0 Å². The van der Waals surface area contributed by atoms with Gasteiger partial charge in [0.25, 0.3) is 5.91 Å². The molecule has 2 N–H and O–H groups in total. The predicted octanol–water partition coefficient (Wildman–Crippen LogP) is 3.22. The quantitative estimate of drug-likeness (QED) is 0.425. The second kappa shape index (κ2) is 7.27. The summed E-state index contributed by atoms with van der Waals surface area (Å²) < 4.78 is 0. The van der Waals surface area contributed by atoms with Crippen molar-refractivity contribution in [2.45, 2.75) is 24.3 Å². The van der Waals surface area contributed by atoms with Crippen molar-refractivity contribution in [3.8, 4) is 0 Å². The number of hydrogen-bond acceptors (Lipinski definition) is 5. The molecule has 6 nitrogen and oxygen atoms in total. The number of nitrogens with one attached hydrogen (secondary N) is 2. The Hall–Kier alpha value is -2.67. The van der Waals surface area contributed by atoms with E-state index in [0.717, 1.165) is 21.8 Å². The maximum Gasteiger partial charge on any atom is 0.271 e. The van der Waals surface area contributed by atoms with E-state index >= 15 is 0 Å². The molecule has 0 spiro atoms. The highest BCUT2D eigenvalue weighted by atomic mass is 32.2. The van der Waals surface area contributed by atoms with Crippen molar-refractivity contribution in [3.05, 3.63) is 53.9 Å². The fourth-order valence-corrected chi connectivity index (χ4v) is 2.86. The van der Waals surface area contributed by atoms with Gasteiger partial charge in [-0.25, -0.2) is 10.4 Å². The van der Waals surface area contributed by atoms with Crippen molar-refractivity contribution >= 4 is 34.9 Å². The van der Waals surface area contributed by atoms with E-state index < -0.39 is 0 Å². The van der Waals surface area contributed by atoms with Crippen LogP contribution in [-0.2, 0) is 0 Å². The Labute approximate surface area is 143 Å². The third kappa shape index (κ3) is 3.99. The summed E-state index contributed by atoms with van der Waals surface area (Å²) in [6.07, 6.45) is 4.90. The number of aromatic amines is 1. The summed E-state index contributed by atoms with van der Waals surface area (Å²) in [5.74, 6) is -0.273. The standard InChI is InChI=1S/C17H17N5OS/c1-11(2)24-17-20-14-6-5-13(8-15(14)21-17)16(23)22-19-10-12-4-3-7-18-9-12/h3-11H,1-2H3,(H,20,21)(H,22,23)/b19-10-. The summed E-state index contributed by atoms with van der Waals surface area (Å²) in [6.45, 7) is 4.22. The molecule has 0 fully saturated rings. The van der Waals surface area contributed by atoms with Crippen LogP contribution < -0.4 is 5.43 Å². The topological polar surface area (TPSA) is 83.0 Å². The zero-order valence-corrected chi connectivity index (χ0v) is 14.2. The molecule has 0 saturated heterocycles. The van der Waals surface area contributed by atoms with Gasteiger partial charge in [0.1, 0.15) is 0 Å². The Morgan fingerprint density at radius 2 is 2.25 bits per heavy atom. The number of nitrogens with zero attached hydrogens (tertiary/aromatic N) is 3. The number of carbonyl (C=O) groups excluding carboxylic acids is 1. The van der Waals surface area contributed by atoms with Crippen LogP contribution in [0.15, 0.2) is 53.0 Å². The van der Waals surface area contributed by atoms with Crippen LogP contribution in [0.4, 0.5) is 0 Å². The first-order chi connectivity index (χ1) is 11.6. The van der Waals surface area contributed by atoms with E-state index in [4.69, 9.17) is 0 Å². The van der Waals surface area contributed by atoms with E-state index in [0.29, 0.717) is 10.8 Å². The maximum atomic E-state index is 12.2. The Morgan fingerprint density at radius 1 is 1.38 bits per heavy atom. The lowest BCUT2D eigenvalue weighted by molar-refractivity contribution is 0.0955. The summed E-state index contributed by atoms with van der Waals surface area (Å²) >= 11 is 1.65. The second-order valence-corrected chi connectivity index (χ2v) is 6.99. The number of fused-ring (bicyclic) bond motifs is 1. The molecule has 3 aromatic rings. The number of H-pyrrole nitrogens is 1. The van der Waals surface area contributed by atoms with Gasteiger partial charge < -0.3 is 4.98 Å². The summed E-state index contributed by atoms with van der Waals surface area (Å²) in [6, 6.07) is 9.01. The van der Waals surface area contributed by atoms with E-state index in [1.807, 2.05) is 18.2 Å². The van der Waals surface area contributed by atoms with Crippen LogP contribution in [0.5, 0.6) is 0 Å². The van der Waals surface area contributed by atoms with Crippen molar-refractivity contribution in [1.82, 2.24) is 20.4 Å². The molecule has 24 heavy (non-hydrogen) atoms. The lowest BCUT2D eigenvalue weighted by atomic mass is 10.2. The van der Waals surface area contributed by atoms with Gasteiger partial charge in [0.2, 0.25) is 0 Å². The fraction of sp³-hybridized carbons (Fsp3) is 0.176. The molecule has 3 rings (SSSR count). The van der Waals surface area contributed by atoms with Gasteiger partial charge in [-0.15, -0.1) is 0 Å². The number of pyridine rings is 1. The molecule has 0 aliphatic heterocycles. The number of imidazole rings is 1. The molecule has 2 heterocycles. The zero-order chi connectivity index (χ0) is 16.9. The van der Waals surface area contributed by atoms with Crippen molar-refractivity contribution in [1.29, 1.82) is 0 Å². The Balaban J connectivity index is 1.71. The van der Waals surface area contributed by atoms with Gasteiger partial charge in [-0.1, -0.05) is 31.7 Å². The molecule has 7 heteroatoms. The van der Waals surface area contributed by atoms with E-state index in [1.165, 1.54) is 0 Å².